The molecule has 1 rings (SSSR count). The van der Waals surface area contributed by atoms with Crippen LogP contribution in [-0.4, -0.2) is 12.5 Å². The Labute approximate surface area is 92.4 Å². The minimum atomic E-state index is 0.0796. The summed E-state index contributed by atoms with van der Waals surface area (Å²) in [5.74, 6) is 0.880. The normalized spacial score (nSPS) is 21.1. The van der Waals surface area contributed by atoms with Crippen molar-refractivity contribution in [2.24, 2.45) is 11.8 Å². The molecule has 1 atom stereocenters. The molecular formula is C13H21NO. The molecule has 0 aromatic heterocycles. The fourth-order valence-corrected chi connectivity index (χ4v) is 1.62. The van der Waals surface area contributed by atoms with E-state index in [9.17, 15) is 4.79 Å². The third-order valence-corrected chi connectivity index (χ3v) is 2.64. The van der Waals surface area contributed by atoms with E-state index in [1.807, 2.05) is 13.8 Å². The average molecular weight is 207 g/mol. The van der Waals surface area contributed by atoms with E-state index in [2.05, 4.69) is 29.6 Å². The highest BCUT2D eigenvalue weighted by Gasteiger charge is 2.06. The van der Waals surface area contributed by atoms with Crippen molar-refractivity contribution in [3.63, 3.8) is 0 Å². The molecule has 0 heterocycles. The molecule has 0 aromatic rings. The van der Waals surface area contributed by atoms with Crippen LogP contribution in [0.2, 0.25) is 0 Å². The molecule has 2 nitrogen and oxygen atoms in total. The first-order chi connectivity index (χ1) is 7.20. The van der Waals surface area contributed by atoms with E-state index in [0.29, 0.717) is 12.5 Å². The summed E-state index contributed by atoms with van der Waals surface area (Å²) in [6.45, 7) is 4.48. The van der Waals surface area contributed by atoms with Gasteiger partial charge in [0.2, 0.25) is 5.91 Å². The zero-order valence-electron chi connectivity index (χ0n) is 9.70. The highest BCUT2D eigenvalue weighted by molar-refractivity contribution is 5.77. The molecule has 0 aliphatic heterocycles. The van der Waals surface area contributed by atoms with Crippen molar-refractivity contribution in [3.05, 3.63) is 24.3 Å². The SMILES string of the molecule is CC(C)C(=O)NC/C=C\C1CC=CCC1. The third-order valence-electron chi connectivity index (χ3n) is 2.64. The zero-order chi connectivity index (χ0) is 11.1. The summed E-state index contributed by atoms with van der Waals surface area (Å²) in [4.78, 5) is 11.2. The Morgan fingerprint density at radius 1 is 1.53 bits per heavy atom. The molecule has 1 N–H and O–H groups in total. The van der Waals surface area contributed by atoms with Gasteiger partial charge in [-0.1, -0.05) is 38.2 Å². The van der Waals surface area contributed by atoms with Gasteiger partial charge in [-0.2, -0.15) is 0 Å². The fraction of sp³-hybridized carbons (Fsp3) is 0.615. The van der Waals surface area contributed by atoms with Gasteiger partial charge >= 0.3 is 0 Å². The number of hydrogen-bond acceptors (Lipinski definition) is 1. The fourth-order valence-electron chi connectivity index (χ4n) is 1.62. The number of hydrogen-bond donors (Lipinski definition) is 1. The minimum Gasteiger partial charge on any atom is -0.352 e. The Morgan fingerprint density at radius 3 is 2.93 bits per heavy atom. The lowest BCUT2D eigenvalue weighted by atomic mass is 9.94. The molecule has 0 bridgehead atoms. The van der Waals surface area contributed by atoms with Gasteiger partial charge in [0.15, 0.2) is 0 Å². The van der Waals surface area contributed by atoms with E-state index in [4.69, 9.17) is 0 Å². The standard InChI is InChI=1S/C13H21NO/c1-11(2)13(15)14-10-6-9-12-7-4-3-5-8-12/h3-4,6,9,11-12H,5,7-8,10H2,1-2H3,(H,14,15)/b9-6-. The number of rotatable bonds is 4. The van der Waals surface area contributed by atoms with E-state index in [1.165, 1.54) is 12.8 Å². The summed E-state index contributed by atoms with van der Waals surface area (Å²) in [6.07, 6.45) is 12.4. The Hall–Kier alpha value is -1.05. The molecule has 0 fully saturated rings. The maximum Gasteiger partial charge on any atom is 0.222 e. The second kappa shape index (κ2) is 6.44. The quantitative estimate of drug-likeness (QED) is 0.705. The molecule has 0 radical (unpaired) electrons. The van der Waals surface area contributed by atoms with E-state index in [-0.39, 0.29) is 11.8 Å². The Bertz CT molecular complexity index is 253. The average Bonchev–Trinajstić information content (AvgIpc) is 2.25. The second-order valence-electron chi connectivity index (χ2n) is 4.37. The summed E-state index contributed by atoms with van der Waals surface area (Å²) in [6, 6.07) is 0. The predicted octanol–water partition coefficient (Wildman–Crippen LogP) is 2.67. The maximum absolute atomic E-state index is 11.2. The van der Waals surface area contributed by atoms with Crippen molar-refractivity contribution in [1.29, 1.82) is 0 Å². The van der Waals surface area contributed by atoms with Crippen molar-refractivity contribution in [2.75, 3.05) is 6.54 Å². The number of carbonyl (C=O) groups excluding carboxylic acids is 1. The first-order valence-corrected chi connectivity index (χ1v) is 5.79. The molecule has 1 aliphatic carbocycles. The molecule has 2 heteroatoms. The molecular weight excluding hydrogens is 186 g/mol. The van der Waals surface area contributed by atoms with Crippen LogP contribution in [0.25, 0.3) is 0 Å². The van der Waals surface area contributed by atoms with E-state index < -0.39 is 0 Å². The van der Waals surface area contributed by atoms with E-state index in [1.54, 1.807) is 0 Å². The first kappa shape index (κ1) is 12.0. The van der Waals surface area contributed by atoms with Crippen molar-refractivity contribution in [3.8, 4) is 0 Å². The van der Waals surface area contributed by atoms with Gasteiger partial charge in [-0.3, -0.25) is 4.79 Å². The summed E-state index contributed by atoms with van der Waals surface area (Å²) in [7, 11) is 0. The van der Waals surface area contributed by atoms with Gasteiger partial charge in [0.1, 0.15) is 0 Å². The maximum atomic E-state index is 11.2. The van der Waals surface area contributed by atoms with Gasteiger partial charge in [-0.05, 0) is 25.2 Å². The smallest absolute Gasteiger partial charge is 0.222 e. The molecule has 0 saturated heterocycles. The van der Waals surface area contributed by atoms with Crippen LogP contribution in [0.15, 0.2) is 24.3 Å². The lowest BCUT2D eigenvalue weighted by molar-refractivity contribution is -0.123. The summed E-state index contributed by atoms with van der Waals surface area (Å²) in [5, 5.41) is 2.88. The number of amides is 1. The highest BCUT2D eigenvalue weighted by Crippen LogP contribution is 2.18. The van der Waals surface area contributed by atoms with Gasteiger partial charge in [0.25, 0.3) is 0 Å². The Morgan fingerprint density at radius 2 is 2.33 bits per heavy atom. The van der Waals surface area contributed by atoms with Crippen molar-refractivity contribution >= 4 is 5.91 Å². The van der Waals surface area contributed by atoms with Gasteiger partial charge in [0.05, 0.1) is 0 Å². The Balaban J connectivity index is 2.16. The molecule has 1 unspecified atom stereocenters. The molecule has 0 spiro atoms. The molecule has 15 heavy (non-hydrogen) atoms. The molecule has 1 amide bonds. The molecule has 1 aliphatic rings. The summed E-state index contributed by atoms with van der Waals surface area (Å²) in [5.41, 5.74) is 0. The number of carbonyl (C=O) groups is 1. The molecule has 0 aromatic carbocycles. The van der Waals surface area contributed by atoms with Gasteiger partial charge in [-0.15, -0.1) is 0 Å². The lowest BCUT2D eigenvalue weighted by Crippen LogP contribution is -2.27. The van der Waals surface area contributed by atoms with Crippen LogP contribution in [0.5, 0.6) is 0 Å². The highest BCUT2D eigenvalue weighted by atomic mass is 16.1. The van der Waals surface area contributed by atoms with Gasteiger partial charge in [0, 0.05) is 12.5 Å². The molecule has 0 saturated carbocycles. The predicted molar refractivity (Wildman–Crippen MR) is 63.5 cm³/mol. The van der Waals surface area contributed by atoms with Crippen molar-refractivity contribution < 1.29 is 4.79 Å². The van der Waals surface area contributed by atoms with E-state index in [0.717, 1.165) is 6.42 Å². The topological polar surface area (TPSA) is 29.1 Å². The largest absolute Gasteiger partial charge is 0.352 e. The lowest BCUT2D eigenvalue weighted by Gasteiger charge is -2.12. The van der Waals surface area contributed by atoms with Gasteiger partial charge < -0.3 is 5.32 Å². The Kier molecular flexibility index (Phi) is 5.16. The summed E-state index contributed by atoms with van der Waals surface area (Å²) >= 11 is 0. The van der Waals surface area contributed by atoms with Crippen LogP contribution in [0.4, 0.5) is 0 Å². The van der Waals surface area contributed by atoms with Crippen LogP contribution in [0, 0.1) is 11.8 Å². The monoisotopic (exact) mass is 207 g/mol. The van der Waals surface area contributed by atoms with Crippen LogP contribution in [0.1, 0.15) is 33.1 Å². The van der Waals surface area contributed by atoms with Crippen molar-refractivity contribution in [1.82, 2.24) is 5.32 Å². The zero-order valence-corrected chi connectivity index (χ0v) is 9.70. The van der Waals surface area contributed by atoms with Crippen LogP contribution >= 0.6 is 0 Å². The van der Waals surface area contributed by atoms with Crippen molar-refractivity contribution in [2.45, 2.75) is 33.1 Å². The minimum absolute atomic E-state index is 0.0796. The summed E-state index contributed by atoms with van der Waals surface area (Å²) < 4.78 is 0. The van der Waals surface area contributed by atoms with Gasteiger partial charge in [-0.25, -0.2) is 0 Å². The third kappa shape index (κ3) is 4.82. The second-order valence-corrected chi connectivity index (χ2v) is 4.37. The first-order valence-electron chi connectivity index (χ1n) is 5.79. The van der Waals surface area contributed by atoms with Crippen LogP contribution in [-0.2, 0) is 4.79 Å². The van der Waals surface area contributed by atoms with E-state index >= 15 is 0 Å². The van der Waals surface area contributed by atoms with Crippen LogP contribution < -0.4 is 5.32 Å². The molecule has 84 valence electrons. The number of allylic oxidation sites excluding steroid dienone is 3. The van der Waals surface area contributed by atoms with Crippen LogP contribution in [0.3, 0.4) is 0 Å². The number of nitrogens with one attached hydrogen (secondary N) is 1.